The minimum absolute atomic E-state index is 0.00587. The van der Waals surface area contributed by atoms with Gasteiger partial charge in [0.15, 0.2) is 5.60 Å². The fraction of sp³-hybridized carbons (Fsp3) is 0.375. The number of phenols is 1. The van der Waals surface area contributed by atoms with E-state index in [-0.39, 0.29) is 17.7 Å². The first-order chi connectivity index (χ1) is 11.0. The molecule has 1 aromatic rings. The number of rotatable bonds is 4. The van der Waals surface area contributed by atoms with Crippen LogP contribution >= 0.6 is 0 Å². The van der Waals surface area contributed by atoms with Gasteiger partial charge >= 0.3 is 11.9 Å². The van der Waals surface area contributed by atoms with E-state index in [0.29, 0.717) is 5.57 Å². The van der Waals surface area contributed by atoms with Crippen LogP contribution in [-0.4, -0.2) is 52.2 Å². The Bertz CT molecular complexity index is 664. The Labute approximate surface area is 131 Å². The summed E-state index contributed by atoms with van der Waals surface area (Å²) in [6.45, 7) is -0.888. The maximum absolute atomic E-state index is 12.2. The Morgan fingerprint density at radius 3 is 2.61 bits per heavy atom. The molecular weight excluding hydrogens is 304 g/mol. The van der Waals surface area contributed by atoms with Gasteiger partial charge in [-0.05, 0) is 30.3 Å². The highest BCUT2D eigenvalue weighted by molar-refractivity contribution is 5.90. The van der Waals surface area contributed by atoms with Gasteiger partial charge in [-0.25, -0.2) is 4.79 Å². The third kappa shape index (κ3) is 2.47. The third-order valence-electron chi connectivity index (χ3n) is 4.34. The number of phenolic OH excluding ortho intramolecular Hbond substituents is 1. The van der Waals surface area contributed by atoms with Crippen molar-refractivity contribution in [2.75, 3.05) is 13.2 Å². The predicted molar refractivity (Wildman–Crippen MR) is 76.5 cm³/mol. The van der Waals surface area contributed by atoms with E-state index in [1.165, 1.54) is 30.3 Å². The first kappa shape index (κ1) is 15.5. The summed E-state index contributed by atoms with van der Waals surface area (Å²) >= 11 is 0. The van der Waals surface area contributed by atoms with Crippen LogP contribution in [0.4, 0.5) is 0 Å². The van der Waals surface area contributed by atoms with Gasteiger partial charge in [0.1, 0.15) is 11.9 Å². The van der Waals surface area contributed by atoms with Crippen molar-refractivity contribution in [2.24, 2.45) is 5.92 Å². The van der Waals surface area contributed by atoms with E-state index in [4.69, 9.17) is 9.47 Å². The predicted octanol–water partition coefficient (Wildman–Crippen LogP) is 0.144. The zero-order chi connectivity index (χ0) is 16.6. The quantitative estimate of drug-likeness (QED) is 0.534. The van der Waals surface area contributed by atoms with E-state index in [1.54, 1.807) is 0 Å². The molecule has 1 aromatic carbocycles. The molecule has 7 heteroatoms. The molecular formula is C16H16O7. The largest absolute Gasteiger partial charge is 0.508 e. The number of fused-ring (bicyclic) bond motifs is 1. The molecule has 3 rings (SSSR count). The summed E-state index contributed by atoms with van der Waals surface area (Å²) < 4.78 is 10.6. The molecule has 0 spiro atoms. The number of hydrogen-bond donors (Lipinski definition) is 3. The number of aromatic hydroxyl groups is 1. The lowest BCUT2D eigenvalue weighted by Gasteiger charge is -2.29. The van der Waals surface area contributed by atoms with Crippen molar-refractivity contribution in [1.29, 1.82) is 0 Å². The molecule has 122 valence electrons. The van der Waals surface area contributed by atoms with Crippen molar-refractivity contribution in [3.63, 3.8) is 0 Å². The summed E-state index contributed by atoms with van der Waals surface area (Å²) in [7, 11) is 0. The zero-order valence-electron chi connectivity index (χ0n) is 12.1. The average Bonchev–Trinajstić information content (AvgIpc) is 3.01. The molecule has 2 aliphatic rings. The Morgan fingerprint density at radius 1 is 1.30 bits per heavy atom. The summed E-state index contributed by atoms with van der Waals surface area (Å²) in [6, 6.07) is 5.55. The fourth-order valence-corrected chi connectivity index (χ4v) is 3.15. The normalized spacial score (nSPS) is 29.0. The monoisotopic (exact) mass is 320 g/mol. The number of ether oxygens (including phenoxy) is 2. The molecule has 3 N–H and O–H groups in total. The van der Waals surface area contributed by atoms with Gasteiger partial charge < -0.3 is 24.8 Å². The van der Waals surface area contributed by atoms with Crippen molar-refractivity contribution in [1.82, 2.24) is 0 Å². The fourth-order valence-electron chi connectivity index (χ4n) is 3.15. The number of esters is 2. The maximum Gasteiger partial charge on any atom is 0.338 e. The van der Waals surface area contributed by atoms with Crippen molar-refractivity contribution in [3.05, 3.63) is 41.5 Å². The Hall–Kier alpha value is -2.38. The standard InChI is InChI=1S/C16H16O7/c17-7-10-5-13(12-6-14(20)23-16(10,12)8-18)22-15(21)9-1-3-11(19)4-2-9/h1-5,12-13,17-19H,6-8H2/t12-,13+,16+/m0/s1. The van der Waals surface area contributed by atoms with E-state index < -0.39 is 42.8 Å². The molecule has 1 aliphatic heterocycles. The van der Waals surface area contributed by atoms with Crippen LogP contribution < -0.4 is 0 Å². The van der Waals surface area contributed by atoms with Gasteiger partial charge in [-0.15, -0.1) is 0 Å². The molecule has 1 saturated heterocycles. The summed E-state index contributed by atoms with van der Waals surface area (Å²) in [6.07, 6.45) is 0.733. The minimum atomic E-state index is -1.31. The van der Waals surface area contributed by atoms with Gasteiger partial charge in [0.25, 0.3) is 0 Å². The number of carbonyl (C=O) groups is 2. The molecule has 0 saturated carbocycles. The summed E-state index contributed by atoms with van der Waals surface area (Å²) in [5, 5.41) is 28.3. The number of benzene rings is 1. The van der Waals surface area contributed by atoms with Gasteiger partial charge in [0, 0.05) is 5.57 Å². The second-order valence-electron chi connectivity index (χ2n) is 5.60. The van der Waals surface area contributed by atoms with Crippen molar-refractivity contribution < 1.29 is 34.4 Å². The third-order valence-corrected chi connectivity index (χ3v) is 4.34. The Balaban J connectivity index is 1.83. The highest BCUT2D eigenvalue weighted by atomic mass is 16.6. The lowest BCUT2D eigenvalue weighted by molar-refractivity contribution is -0.149. The lowest BCUT2D eigenvalue weighted by Crippen LogP contribution is -2.42. The van der Waals surface area contributed by atoms with Crippen molar-refractivity contribution in [3.8, 4) is 5.75 Å². The highest BCUT2D eigenvalue weighted by Crippen LogP contribution is 2.47. The second-order valence-corrected chi connectivity index (χ2v) is 5.60. The van der Waals surface area contributed by atoms with E-state index >= 15 is 0 Å². The van der Waals surface area contributed by atoms with Crippen LogP contribution in [0.2, 0.25) is 0 Å². The SMILES string of the molecule is O=C1C[C@H]2[C@H](OC(=O)c3ccc(O)cc3)C=C(CO)[C@@]2(CO)O1. The lowest BCUT2D eigenvalue weighted by atomic mass is 9.86. The number of carbonyl (C=O) groups excluding carboxylic acids is 2. The molecule has 0 aromatic heterocycles. The minimum Gasteiger partial charge on any atom is -0.508 e. The average molecular weight is 320 g/mol. The van der Waals surface area contributed by atoms with E-state index in [9.17, 15) is 24.9 Å². The Kier molecular flexibility index (Phi) is 3.83. The van der Waals surface area contributed by atoms with Gasteiger partial charge in [-0.2, -0.15) is 0 Å². The number of hydrogen-bond acceptors (Lipinski definition) is 7. The highest BCUT2D eigenvalue weighted by Gasteiger charge is 2.59. The smallest absolute Gasteiger partial charge is 0.338 e. The van der Waals surface area contributed by atoms with E-state index in [0.717, 1.165) is 0 Å². The number of aliphatic hydroxyl groups is 2. The van der Waals surface area contributed by atoms with Gasteiger partial charge in [0.2, 0.25) is 0 Å². The number of aliphatic hydroxyl groups excluding tert-OH is 2. The Morgan fingerprint density at radius 2 is 2.00 bits per heavy atom. The van der Waals surface area contributed by atoms with E-state index in [1.807, 2.05) is 0 Å². The van der Waals surface area contributed by atoms with Crippen molar-refractivity contribution in [2.45, 2.75) is 18.1 Å². The van der Waals surface area contributed by atoms with Gasteiger partial charge in [0.05, 0.1) is 31.1 Å². The summed E-state index contributed by atoms with van der Waals surface area (Å²) in [4.78, 5) is 23.8. The first-order valence-corrected chi connectivity index (χ1v) is 7.15. The van der Waals surface area contributed by atoms with Crippen LogP contribution in [0.15, 0.2) is 35.9 Å². The zero-order valence-corrected chi connectivity index (χ0v) is 12.1. The first-order valence-electron chi connectivity index (χ1n) is 7.15. The molecule has 7 nitrogen and oxygen atoms in total. The van der Waals surface area contributed by atoms with Crippen LogP contribution in [0.5, 0.6) is 5.75 Å². The van der Waals surface area contributed by atoms with Crippen molar-refractivity contribution >= 4 is 11.9 Å². The molecule has 0 radical (unpaired) electrons. The second kappa shape index (κ2) is 5.68. The molecule has 1 heterocycles. The van der Waals surface area contributed by atoms with Crippen LogP contribution in [-0.2, 0) is 14.3 Å². The summed E-state index contributed by atoms with van der Waals surface area (Å²) in [5.41, 5.74) is -0.737. The van der Waals surface area contributed by atoms with Crippen LogP contribution in [0.3, 0.4) is 0 Å². The molecule has 0 unspecified atom stereocenters. The van der Waals surface area contributed by atoms with Crippen LogP contribution in [0.1, 0.15) is 16.8 Å². The molecule has 3 atom stereocenters. The van der Waals surface area contributed by atoms with Gasteiger partial charge in [-0.1, -0.05) is 0 Å². The molecule has 0 bridgehead atoms. The topological polar surface area (TPSA) is 113 Å². The van der Waals surface area contributed by atoms with Crippen LogP contribution in [0.25, 0.3) is 0 Å². The molecule has 1 fully saturated rings. The van der Waals surface area contributed by atoms with E-state index in [2.05, 4.69) is 0 Å². The maximum atomic E-state index is 12.2. The summed E-state index contributed by atoms with van der Waals surface area (Å²) in [5.74, 6) is -1.67. The molecule has 1 aliphatic carbocycles. The van der Waals surface area contributed by atoms with Crippen LogP contribution in [0, 0.1) is 5.92 Å². The molecule has 0 amide bonds. The molecule has 23 heavy (non-hydrogen) atoms. The van der Waals surface area contributed by atoms with Gasteiger partial charge in [-0.3, -0.25) is 4.79 Å².